The molecule has 2 N–H and O–H groups in total. The Kier molecular flexibility index (Phi) is 9.11. The first kappa shape index (κ1) is 21.7. The molecule has 0 bridgehead atoms. The van der Waals surface area contributed by atoms with Crippen LogP contribution in [0.1, 0.15) is 69.3 Å². The standard InChI is InChI=1S/C21H39N5O/c1-6-22-21(23-13-14-27-19-11-9-7-8-10-12-19)24-16(2)15-20-17(3)25-26(5)18(20)4/h16,19H,6-15H2,1-5H3,(H2,22,23,24). The number of hydrogen-bond acceptors (Lipinski definition) is 3. The molecule has 2 rings (SSSR count). The van der Waals surface area contributed by atoms with Gasteiger partial charge in [0, 0.05) is 25.3 Å². The maximum Gasteiger partial charge on any atom is 0.191 e. The smallest absolute Gasteiger partial charge is 0.191 e. The Balaban J connectivity index is 1.81. The van der Waals surface area contributed by atoms with Gasteiger partial charge in [-0.25, -0.2) is 0 Å². The summed E-state index contributed by atoms with van der Waals surface area (Å²) in [7, 11) is 2.00. The molecule has 0 spiro atoms. The van der Waals surface area contributed by atoms with Gasteiger partial charge >= 0.3 is 0 Å². The van der Waals surface area contributed by atoms with Gasteiger partial charge in [0.1, 0.15) is 0 Å². The topological polar surface area (TPSA) is 63.5 Å². The van der Waals surface area contributed by atoms with Gasteiger partial charge < -0.3 is 15.4 Å². The van der Waals surface area contributed by atoms with Crippen LogP contribution < -0.4 is 10.6 Å². The highest BCUT2D eigenvalue weighted by molar-refractivity contribution is 5.80. The zero-order chi connectivity index (χ0) is 19.6. The van der Waals surface area contributed by atoms with E-state index in [0.29, 0.717) is 19.3 Å². The summed E-state index contributed by atoms with van der Waals surface area (Å²) in [6, 6.07) is 0.284. The molecule has 1 atom stereocenters. The highest BCUT2D eigenvalue weighted by Gasteiger charge is 2.14. The Morgan fingerprint density at radius 3 is 2.56 bits per heavy atom. The molecule has 1 aromatic heterocycles. The van der Waals surface area contributed by atoms with E-state index in [-0.39, 0.29) is 6.04 Å². The first-order valence-corrected chi connectivity index (χ1v) is 10.7. The lowest BCUT2D eigenvalue weighted by Crippen LogP contribution is -2.43. The molecule has 0 amide bonds. The van der Waals surface area contributed by atoms with Crippen LogP contribution in [0.3, 0.4) is 0 Å². The Hall–Kier alpha value is -1.56. The molecule has 27 heavy (non-hydrogen) atoms. The highest BCUT2D eigenvalue weighted by atomic mass is 16.5. The van der Waals surface area contributed by atoms with Crippen LogP contribution in [0.5, 0.6) is 0 Å². The molecule has 0 aliphatic heterocycles. The molecule has 6 nitrogen and oxygen atoms in total. The van der Waals surface area contributed by atoms with Crippen molar-refractivity contribution in [2.45, 2.75) is 84.8 Å². The fourth-order valence-electron chi connectivity index (χ4n) is 3.81. The Morgan fingerprint density at radius 2 is 1.96 bits per heavy atom. The van der Waals surface area contributed by atoms with Gasteiger partial charge in [0.2, 0.25) is 0 Å². The first-order valence-electron chi connectivity index (χ1n) is 10.7. The van der Waals surface area contributed by atoms with E-state index in [2.05, 4.69) is 43.4 Å². The van der Waals surface area contributed by atoms with E-state index in [9.17, 15) is 0 Å². The first-order chi connectivity index (χ1) is 13.0. The zero-order valence-corrected chi connectivity index (χ0v) is 18.0. The fraction of sp³-hybridized carbons (Fsp3) is 0.810. The highest BCUT2D eigenvalue weighted by Crippen LogP contribution is 2.19. The molecule has 1 aliphatic rings. The van der Waals surface area contributed by atoms with Gasteiger partial charge in [-0.3, -0.25) is 9.67 Å². The normalized spacial score (nSPS) is 17.6. The Labute approximate surface area is 165 Å². The van der Waals surface area contributed by atoms with Crippen molar-refractivity contribution in [3.63, 3.8) is 0 Å². The molecule has 0 aromatic carbocycles. The maximum atomic E-state index is 6.05. The molecule has 1 fully saturated rings. The molecule has 1 aliphatic carbocycles. The largest absolute Gasteiger partial charge is 0.376 e. The SMILES string of the molecule is CCNC(=NCCOC1CCCCCC1)NC(C)Cc1c(C)nn(C)c1C. The van der Waals surface area contributed by atoms with Crippen molar-refractivity contribution in [2.75, 3.05) is 19.7 Å². The number of aryl methyl sites for hydroxylation is 2. The van der Waals surface area contributed by atoms with Crippen molar-refractivity contribution >= 4 is 5.96 Å². The van der Waals surface area contributed by atoms with Crippen LogP contribution >= 0.6 is 0 Å². The second-order valence-corrected chi connectivity index (χ2v) is 7.77. The van der Waals surface area contributed by atoms with Crippen molar-refractivity contribution in [1.82, 2.24) is 20.4 Å². The molecule has 0 saturated heterocycles. The van der Waals surface area contributed by atoms with Crippen molar-refractivity contribution in [2.24, 2.45) is 12.0 Å². The minimum atomic E-state index is 0.284. The number of nitrogens with one attached hydrogen (secondary N) is 2. The number of rotatable bonds is 8. The Morgan fingerprint density at radius 1 is 1.26 bits per heavy atom. The third-order valence-electron chi connectivity index (χ3n) is 5.41. The molecule has 0 radical (unpaired) electrons. The lowest BCUT2D eigenvalue weighted by Gasteiger charge is -2.19. The van der Waals surface area contributed by atoms with E-state index in [1.165, 1.54) is 49.8 Å². The summed E-state index contributed by atoms with van der Waals surface area (Å²) in [5, 5.41) is 11.4. The summed E-state index contributed by atoms with van der Waals surface area (Å²) in [6.07, 6.45) is 9.14. The van der Waals surface area contributed by atoms with Gasteiger partial charge in [-0.2, -0.15) is 5.10 Å². The van der Waals surface area contributed by atoms with Gasteiger partial charge in [-0.1, -0.05) is 25.7 Å². The summed E-state index contributed by atoms with van der Waals surface area (Å²) in [6.45, 7) is 10.8. The molecular weight excluding hydrogens is 338 g/mol. The van der Waals surface area contributed by atoms with Crippen LogP contribution in [-0.2, 0) is 18.2 Å². The monoisotopic (exact) mass is 377 g/mol. The minimum absolute atomic E-state index is 0.284. The third kappa shape index (κ3) is 7.17. The molecule has 154 valence electrons. The molecule has 1 heterocycles. The molecule has 1 unspecified atom stereocenters. The predicted molar refractivity (Wildman–Crippen MR) is 112 cm³/mol. The van der Waals surface area contributed by atoms with E-state index >= 15 is 0 Å². The van der Waals surface area contributed by atoms with Crippen molar-refractivity contribution < 1.29 is 4.74 Å². The van der Waals surface area contributed by atoms with E-state index in [1.54, 1.807) is 0 Å². The fourth-order valence-corrected chi connectivity index (χ4v) is 3.81. The summed E-state index contributed by atoms with van der Waals surface area (Å²) < 4.78 is 8.01. The minimum Gasteiger partial charge on any atom is -0.376 e. The van der Waals surface area contributed by atoms with E-state index in [4.69, 9.17) is 9.73 Å². The van der Waals surface area contributed by atoms with E-state index in [1.807, 2.05) is 11.7 Å². The van der Waals surface area contributed by atoms with Crippen LogP contribution in [0.2, 0.25) is 0 Å². The quantitative estimate of drug-likeness (QED) is 0.316. The third-order valence-corrected chi connectivity index (χ3v) is 5.41. The lowest BCUT2D eigenvalue weighted by atomic mass is 10.1. The second-order valence-electron chi connectivity index (χ2n) is 7.77. The van der Waals surface area contributed by atoms with Crippen molar-refractivity contribution in [1.29, 1.82) is 0 Å². The number of hydrogen-bond donors (Lipinski definition) is 2. The average Bonchev–Trinajstić information content (AvgIpc) is 2.83. The number of aromatic nitrogens is 2. The van der Waals surface area contributed by atoms with E-state index < -0.39 is 0 Å². The van der Waals surface area contributed by atoms with Crippen LogP contribution in [0, 0.1) is 13.8 Å². The molecule has 1 aromatic rings. The lowest BCUT2D eigenvalue weighted by molar-refractivity contribution is 0.0487. The van der Waals surface area contributed by atoms with Crippen LogP contribution in [0.15, 0.2) is 4.99 Å². The van der Waals surface area contributed by atoms with E-state index in [0.717, 1.165) is 24.6 Å². The number of ether oxygens (including phenoxy) is 1. The Bertz CT molecular complexity index is 588. The summed E-state index contributed by atoms with van der Waals surface area (Å²) in [4.78, 5) is 4.70. The van der Waals surface area contributed by atoms with Crippen LogP contribution in [-0.4, -0.2) is 47.6 Å². The van der Waals surface area contributed by atoms with Crippen molar-refractivity contribution in [3.8, 4) is 0 Å². The zero-order valence-electron chi connectivity index (χ0n) is 18.0. The molecule has 6 heteroatoms. The van der Waals surface area contributed by atoms with Gasteiger partial charge in [0.15, 0.2) is 5.96 Å². The predicted octanol–water partition coefficient (Wildman–Crippen LogP) is 3.26. The van der Waals surface area contributed by atoms with Crippen LogP contribution in [0.25, 0.3) is 0 Å². The summed E-state index contributed by atoms with van der Waals surface area (Å²) in [5.41, 5.74) is 3.67. The number of guanidine groups is 1. The average molecular weight is 378 g/mol. The van der Waals surface area contributed by atoms with Gasteiger partial charge in [0.05, 0.1) is 24.9 Å². The van der Waals surface area contributed by atoms with Gasteiger partial charge in [-0.05, 0) is 52.5 Å². The maximum absolute atomic E-state index is 6.05. The van der Waals surface area contributed by atoms with Gasteiger partial charge in [-0.15, -0.1) is 0 Å². The van der Waals surface area contributed by atoms with Gasteiger partial charge in [0.25, 0.3) is 0 Å². The second kappa shape index (κ2) is 11.3. The van der Waals surface area contributed by atoms with Crippen LogP contribution in [0.4, 0.5) is 0 Å². The van der Waals surface area contributed by atoms with Crippen molar-refractivity contribution in [3.05, 3.63) is 17.0 Å². The summed E-state index contributed by atoms with van der Waals surface area (Å²) in [5.74, 6) is 0.869. The molecule has 1 saturated carbocycles. The summed E-state index contributed by atoms with van der Waals surface area (Å²) >= 11 is 0. The number of nitrogens with zero attached hydrogens (tertiary/aromatic N) is 3. The molecular formula is C21H39N5O. The number of aliphatic imine (C=N–C) groups is 1.